The van der Waals surface area contributed by atoms with Crippen molar-refractivity contribution in [2.45, 2.75) is 18.4 Å². The quantitative estimate of drug-likeness (QED) is 0.677. The highest BCUT2D eigenvalue weighted by molar-refractivity contribution is 14.1. The van der Waals surface area contributed by atoms with E-state index in [1.807, 2.05) is 22.6 Å². The lowest BCUT2D eigenvalue weighted by Crippen LogP contribution is -2.57. The zero-order chi connectivity index (χ0) is 14.8. The van der Waals surface area contributed by atoms with Crippen LogP contribution in [-0.4, -0.2) is 40.8 Å². The maximum absolute atomic E-state index is 12.2. The molecule has 1 aliphatic heterocycles. The second-order valence-corrected chi connectivity index (χ2v) is 5.86. The summed E-state index contributed by atoms with van der Waals surface area (Å²) in [5.41, 5.74) is -1.26. The van der Waals surface area contributed by atoms with E-state index in [4.69, 9.17) is 4.74 Å². The van der Waals surface area contributed by atoms with E-state index in [9.17, 15) is 19.8 Å². The summed E-state index contributed by atoms with van der Waals surface area (Å²) in [5.74, 6) is -1.85. The zero-order valence-electron chi connectivity index (χ0n) is 10.6. The minimum atomic E-state index is -1.33. The van der Waals surface area contributed by atoms with Crippen LogP contribution >= 0.6 is 22.6 Å². The Morgan fingerprint density at radius 3 is 2.55 bits per heavy atom. The third kappa shape index (κ3) is 3.04. The summed E-state index contributed by atoms with van der Waals surface area (Å²) in [6, 6.07) is 4.59. The molecule has 20 heavy (non-hydrogen) atoms. The normalized spacial score (nSPS) is 17.4. The highest BCUT2D eigenvalue weighted by Gasteiger charge is 2.42. The molecule has 1 aliphatic rings. The fourth-order valence-corrected chi connectivity index (χ4v) is 2.58. The number of nitrogens with one attached hydrogen (secondary N) is 1. The van der Waals surface area contributed by atoms with Crippen LogP contribution < -0.4 is 5.32 Å². The first-order valence-electron chi connectivity index (χ1n) is 6.07. The Hall–Kier alpha value is -1.35. The van der Waals surface area contributed by atoms with Crippen molar-refractivity contribution < 1.29 is 24.5 Å². The molecule has 108 valence electrons. The number of carbonyl (C=O) groups excluding carboxylic acids is 1. The maximum atomic E-state index is 12.2. The highest BCUT2D eigenvalue weighted by atomic mass is 127. The summed E-state index contributed by atoms with van der Waals surface area (Å²) in [6.07, 6.45) is 0.414. The Kier molecular flexibility index (Phi) is 4.48. The van der Waals surface area contributed by atoms with Gasteiger partial charge in [-0.25, -0.2) is 4.79 Å². The van der Waals surface area contributed by atoms with Crippen LogP contribution in [0.1, 0.15) is 23.2 Å². The predicted octanol–water partition coefficient (Wildman–Crippen LogP) is 1.36. The van der Waals surface area contributed by atoms with Crippen molar-refractivity contribution in [1.29, 1.82) is 0 Å². The van der Waals surface area contributed by atoms with Gasteiger partial charge in [-0.15, -0.1) is 0 Å². The topological polar surface area (TPSA) is 95.9 Å². The smallest absolute Gasteiger partial charge is 0.329 e. The van der Waals surface area contributed by atoms with Gasteiger partial charge in [0.05, 0.1) is 5.56 Å². The molecule has 6 nitrogen and oxygen atoms in total. The molecule has 0 bridgehead atoms. The van der Waals surface area contributed by atoms with E-state index in [1.165, 1.54) is 12.1 Å². The number of phenolic OH excluding ortho intramolecular Hbond substituents is 1. The van der Waals surface area contributed by atoms with E-state index in [0.29, 0.717) is 0 Å². The molecule has 0 unspecified atom stereocenters. The van der Waals surface area contributed by atoms with Gasteiger partial charge in [-0.05, 0) is 40.8 Å². The van der Waals surface area contributed by atoms with Gasteiger partial charge in [0.2, 0.25) is 0 Å². The average molecular weight is 391 g/mol. The van der Waals surface area contributed by atoms with Crippen LogP contribution in [0.3, 0.4) is 0 Å². The Bertz CT molecular complexity index is 540. The van der Waals surface area contributed by atoms with Crippen LogP contribution in [0.5, 0.6) is 5.75 Å². The van der Waals surface area contributed by atoms with Gasteiger partial charge in [-0.3, -0.25) is 4.79 Å². The lowest BCUT2D eigenvalue weighted by atomic mass is 9.89. The summed E-state index contributed by atoms with van der Waals surface area (Å²) in [7, 11) is 0. The van der Waals surface area contributed by atoms with E-state index < -0.39 is 17.4 Å². The number of carboxylic acids is 1. The molecule has 7 heteroatoms. The zero-order valence-corrected chi connectivity index (χ0v) is 12.7. The minimum absolute atomic E-state index is 0.0732. The van der Waals surface area contributed by atoms with E-state index in [1.54, 1.807) is 6.07 Å². The van der Waals surface area contributed by atoms with Gasteiger partial charge in [-0.2, -0.15) is 0 Å². The van der Waals surface area contributed by atoms with Crippen molar-refractivity contribution in [2.75, 3.05) is 13.2 Å². The number of halogens is 1. The molecule has 1 aromatic carbocycles. The number of carbonyl (C=O) groups is 2. The monoisotopic (exact) mass is 391 g/mol. The third-order valence-electron chi connectivity index (χ3n) is 3.31. The SMILES string of the molecule is O=C(NC1(C(=O)O)CCOCC1)c1cc(I)ccc1O. The van der Waals surface area contributed by atoms with Crippen LogP contribution in [-0.2, 0) is 9.53 Å². The van der Waals surface area contributed by atoms with Crippen LogP contribution in [0.25, 0.3) is 0 Å². The van der Waals surface area contributed by atoms with E-state index in [0.717, 1.165) is 3.57 Å². The fraction of sp³-hybridized carbons (Fsp3) is 0.385. The molecule has 0 spiro atoms. The predicted molar refractivity (Wildman–Crippen MR) is 78.7 cm³/mol. The van der Waals surface area contributed by atoms with Gasteiger partial charge >= 0.3 is 5.97 Å². The Labute approximate surface area is 129 Å². The van der Waals surface area contributed by atoms with E-state index in [-0.39, 0.29) is 37.4 Å². The van der Waals surface area contributed by atoms with Crippen molar-refractivity contribution in [3.8, 4) is 5.75 Å². The number of carboxylic acid groups (broad SMARTS) is 1. The number of phenols is 1. The first-order chi connectivity index (χ1) is 9.44. The van der Waals surface area contributed by atoms with E-state index >= 15 is 0 Å². The highest BCUT2D eigenvalue weighted by Crippen LogP contribution is 2.24. The van der Waals surface area contributed by atoms with Crippen molar-refractivity contribution in [1.82, 2.24) is 5.32 Å². The van der Waals surface area contributed by atoms with Crippen LogP contribution in [0, 0.1) is 3.57 Å². The number of ether oxygens (including phenoxy) is 1. The summed E-state index contributed by atoms with van der Waals surface area (Å²) < 4.78 is 5.92. The molecular formula is C13H14INO5. The first kappa shape index (κ1) is 15.0. The van der Waals surface area contributed by atoms with Gasteiger partial charge in [-0.1, -0.05) is 0 Å². The summed E-state index contributed by atoms with van der Waals surface area (Å²) in [4.78, 5) is 23.7. The number of aliphatic carboxylic acids is 1. The van der Waals surface area contributed by atoms with E-state index in [2.05, 4.69) is 5.32 Å². The van der Waals surface area contributed by atoms with Crippen molar-refractivity contribution >= 4 is 34.5 Å². The molecule has 0 aromatic heterocycles. The summed E-state index contributed by atoms with van der Waals surface area (Å²) in [6.45, 7) is 0.565. The van der Waals surface area contributed by atoms with Gasteiger partial charge in [0.25, 0.3) is 5.91 Å². The second-order valence-electron chi connectivity index (χ2n) is 4.62. The van der Waals surface area contributed by atoms with Crippen molar-refractivity contribution in [3.63, 3.8) is 0 Å². The van der Waals surface area contributed by atoms with Gasteiger partial charge in [0, 0.05) is 29.6 Å². The molecule has 3 N–H and O–H groups in total. The second kappa shape index (κ2) is 5.96. The van der Waals surface area contributed by atoms with Gasteiger partial charge < -0.3 is 20.3 Å². The summed E-state index contributed by atoms with van der Waals surface area (Å²) in [5, 5.41) is 21.6. The number of aromatic hydroxyl groups is 1. The molecule has 2 rings (SSSR count). The van der Waals surface area contributed by atoms with Crippen molar-refractivity contribution in [2.24, 2.45) is 0 Å². The van der Waals surface area contributed by atoms with Crippen molar-refractivity contribution in [3.05, 3.63) is 27.3 Å². The molecular weight excluding hydrogens is 377 g/mol. The number of hydrogen-bond acceptors (Lipinski definition) is 4. The average Bonchev–Trinajstić information content (AvgIpc) is 2.42. The third-order valence-corrected chi connectivity index (χ3v) is 3.98. The molecule has 1 saturated heterocycles. The lowest BCUT2D eigenvalue weighted by molar-refractivity contribution is -0.148. The fourth-order valence-electron chi connectivity index (χ4n) is 2.09. The van der Waals surface area contributed by atoms with Crippen LogP contribution in [0.15, 0.2) is 18.2 Å². The van der Waals surface area contributed by atoms with Gasteiger partial charge in [0.1, 0.15) is 11.3 Å². The Balaban J connectivity index is 2.24. The largest absolute Gasteiger partial charge is 0.507 e. The summed E-state index contributed by atoms with van der Waals surface area (Å²) >= 11 is 2.02. The molecule has 0 radical (unpaired) electrons. The van der Waals surface area contributed by atoms with Crippen LogP contribution in [0.4, 0.5) is 0 Å². The maximum Gasteiger partial charge on any atom is 0.329 e. The number of benzene rings is 1. The molecule has 1 heterocycles. The standard InChI is InChI=1S/C13H14INO5/c14-8-1-2-10(16)9(7-8)11(17)15-13(12(18)19)3-5-20-6-4-13/h1-2,7,16H,3-6H2,(H,15,17)(H,18,19). The first-order valence-corrected chi connectivity index (χ1v) is 7.15. The number of rotatable bonds is 3. The lowest BCUT2D eigenvalue weighted by Gasteiger charge is -2.33. The molecule has 1 aromatic rings. The molecule has 0 saturated carbocycles. The number of hydrogen-bond donors (Lipinski definition) is 3. The Morgan fingerprint density at radius 2 is 1.95 bits per heavy atom. The molecule has 1 fully saturated rings. The number of amides is 1. The molecule has 1 amide bonds. The Morgan fingerprint density at radius 1 is 1.30 bits per heavy atom. The molecule has 0 aliphatic carbocycles. The van der Waals surface area contributed by atoms with Crippen LogP contribution in [0.2, 0.25) is 0 Å². The van der Waals surface area contributed by atoms with Gasteiger partial charge in [0.15, 0.2) is 0 Å². The molecule has 0 atom stereocenters. The minimum Gasteiger partial charge on any atom is -0.507 e.